The van der Waals surface area contributed by atoms with Crippen LogP contribution in [0.15, 0.2) is 24.3 Å². The van der Waals surface area contributed by atoms with Gasteiger partial charge in [0.1, 0.15) is 22.6 Å². The van der Waals surface area contributed by atoms with Crippen molar-refractivity contribution in [2.75, 3.05) is 0 Å². The van der Waals surface area contributed by atoms with Crippen molar-refractivity contribution in [1.82, 2.24) is 0 Å². The fraction of sp³-hybridized carbons (Fsp3) is 0.533. The van der Waals surface area contributed by atoms with Gasteiger partial charge in [0.15, 0.2) is 0 Å². The van der Waals surface area contributed by atoms with Gasteiger partial charge in [0.25, 0.3) is 0 Å². The second-order valence-corrected chi connectivity index (χ2v) is 13.5. The van der Waals surface area contributed by atoms with Crippen LogP contribution in [0.2, 0.25) is 0 Å². The number of phenols is 2. The summed E-state index contributed by atoms with van der Waals surface area (Å²) in [4.78, 5) is 22.4. The fourth-order valence-electron chi connectivity index (χ4n) is 3.60. The first-order valence-corrected chi connectivity index (χ1v) is 12.1. The Kier molecular flexibility index (Phi) is 10.7. The minimum Gasteiger partial charge on any atom is -0.507 e. The van der Waals surface area contributed by atoms with Crippen molar-refractivity contribution in [3.8, 4) is 11.5 Å². The monoisotopic (exact) mass is 557 g/mol. The summed E-state index contributed by atoms with van der Waals surface area (Å²) in [6.45, 7) is 23.9. The standard InChI is InChI=1S/2C15H22O3.Fe/c2*1-14(2,3)9-7-10(13(17)18)12(16)11(8-9)15(4,5)6;/h2*7-8,16H,1-6H3,(H,17,18);/p+1. The maximum Gasteiger partial charge on any atom is 1.00 e. The molecule has 2 aromatic carbocycles. The Morgan fingerprint density at radius 2 is 0.784 bits per heavy atom. The van der Waals surface area contributed by atoms with Crippen LogP contribution in [-0.4, -0.2) is 32.4 Å². The summed E-state index contributed by atoms with van der Waals surface area (Å²) in [7, 11) is 0. The summed E-state index contributed by atoms with van der Waals surface area (Å²) in [6.07, 6.45) is 0. The third-order valence-corrected chi connectivity index (χ3v) is 6.03. The molecule has 37 heavy (non-hydrogen) atoms. The van der Waals surface area contributed by atoms with E-state index in [0.717, 1.165) is 11.1 Å². The second-order valence-electron chi connectivity index (χ2n) is 13.5. The first kappa shape index (κ1) is 34.5. The van der Waals surface area contributed by atoms with Crippen LogP contribution < -0.4 is 0 Å². The molecule has 0 bridgehead atoms. The van der Waals surface area contributed by atoms with Gasteiger partial charge in [0, 0.05) is 28.2 Å². The van der Waals surface area contributed by atoms with Crippen LogP contribution in [0.1, 0.15) is 127 Å². The molecule has 0 aliphatic carbocycles. The van der Waals surface area contributed by atoms with Crippen LogP contribution in [0.4, 0.5) is 0 Å². The van der Waals surface area contributed by atoms with E-state index in [0.29, 0.717) is 11.1 Å². The predicted molar refractivity (Wildman–Crippen MR) is 146 cm³/mol. The Hall–Kier alpha value is -2.50. The van der Waals surface area contributed by atoms with Crippen LogP contribution in [-0.2, 0) is 38.7 Å². The third-order valence-electron chi connectivity index (χ3n) is 6.03. The fourth-order valence-corrected chi connectivity index (χ4v) is 3.60. The van der Waals surface area contributed by atoms with E-state index in [9.17, 15) is 30.0 Å². The van der Waals surface area contributed by atoms with E-state index in [4.69, 9.17) is 0 Å². The first-order chi connectivity index (χ1) is 15.9. The minimum absolute atomic E-state index is 0. The zero-order valence-electron chi connectivity index (χ0n) is 25.3. The SMILES string of the molecule is CC(C)(C)c1cc(C(=O)O)c(O)c(C(C)(C)C)c1.CC(C)(C)c1cc(C(=O)O)c(O)c(C(C)(C)C)c1.[Fe].[H+]. The van der Waals surface area contributed by atoms with Crippen molar-refractivity contribution < 1.29 is 48.5 Å². The summed E-state index contributed by atoms with van der Waals surface area (Å²) in [5.41, 5.74) is 2.24. The minimum atomic E-state index is -1.09. The molecule has 0 amide bonds. The maximum atomic E-state index is 11.2. The van der Waals surface area contributed by atoms with Crippen molar-refractivity contribution in [3.63, 3.8) is 0 Å². The molecule has 0 heterocycles. The number of aromatic hydroxyl groups is 2. The maximum absolute atomic E-state index is 11.2. The van der Waals surface area contributed by atoms with Crippen molar-refractivity contribution in [2.45, 2.75) is 105 Å². The summed E-state index contributed by atoms with van der Waals surface area (Å²) in [5, 5.41) is 38.6. The first-order valence-electron chi connectivity index (χ1n) is 12.1. The zero-order valence-corrected chi connectivity index (χ0v) is 25.4. The van der Waals surface area contributed by atoms with Gasteiger partial charge in [0.2, 0.25) is 0 Å². The zero-order chi connectivity index (χ0) is 28.6. The van der Waals surface area contributed by atoms with Crippen LogP contribution in [0, 0.1) is 0 Å². The molecule has 0 spiro atoms. The van der Waals surface area contributed by atoms with Crippen LogP contribution in [0.3, 0.4) is 0 Å². The van der Waals surface area contributed by atoms with Gasteiger partial charge >= 0.3 is 13.4 Å². The Labute approximate surface area is 234 Å². The quantitative estimate of drug-likeness (QED) is 0.285. The molecule has 0 saturated carbocycles. The third kappa shape index (κ3) is 8.79. The van der Waals surface area contributed by atoms with Crippen LogP contribution >= 0.6 is 0 Å². The Balaban J connectivity index is 0. The molecule has 6 nitrogen and oxygen atoms in total. The van der Waals surface area contributed by atoms with Gasteiger partial charge in [-0.1, -0.05) is 95.2 Å². The van der Waals surface area contributed by atoms with E-state index in [1.807, 2.05) is 95.2 Å². The number of benzene rings is 2. The molecule has 7 heteroatoms. The number of rotatable bonds is 2. The summed E-state index contributed by atoms with van der Waals surface area (Å²) in [5.74, 6) is -2.43. The van der Waals surface area contributed by atoms with Gasteiger partial charge in [-0.05, 0) is 44.9 Å². The molecule has 0 aliphatic heterocycles. The molecular formula is C30H45FeO6+. The van der Waals surface area contributed by atoms with Gasteiger partial charge in [-0.2, -0.15) is 0 Å². The molecule has 0 fully saturated rings. The number of hydrogen-bond donors (Lipinski definition) is 4. The van der Waals surface area contributed by atoms with E-state index in [1.165, 1.54) is 0 Å². The molecule has 0 atom stereocenters. The van der Waals surface area contributed by atoms with E-state index >= 15 is 0 Å². The molecule has 0 unspecified atom stereocenters. The van der Waals surface area contributed by atoms with E-state index < -0.39 is 11.9 Å². The normalized spacial score (nSPS) is 12.2. The van der Waals surface area contributed by atoms with Crippen LogP contribution in [0.25, 0.3) is 0 Å². The molecule has 0 saturated heterocycles. The average molecular weight is 558 g/mol. The predicted octanol–water partition coefficient (Wildman–Crippen LogP) is 7.48. The Morgan fingerprint density at radius 1 is 0.541 bits per heavy atom. The van der Waals surface area contributed by atoms with Gasteiger partial charge in [0.05, 0.1) is 0 Å². The molecule has 208 valence electrons. The van der Waals surface area contributed by atoms with Gasteiger partial charge in [-0.3, -0.25) is 0 Å². The van der Waals surface area contributed by atoms with Crippen molar-refractivity contribution in [1.29, 1.82) is 0 Å². The topological polar surface area (TPSA) is 115 Å². The van der Waals surface area contributed by atoms with E-state index in [-0.39, 0.29) is 62.8 Å². The van der Waals surface area contributed by atoms with Gasteiger partial charge in [-0.15, -0.1) is 0 Å². The van der Waals surface area contributed by atoms with Crippen molar-refractivity contribution in [3.05, 3.63) is 57.6 Å². The molecule has 2 aromatic rings. The summed E-state index contributed by atoms with van der Waals surface area (Å²) < 4.78 is 0. The van der Waals surface area contributed by atoms with E-state index in [2.05, 4.69) is 0 Å². The molecular weight excluding hydrogens is 512 g/mol. The van der Waals surface area contributed by atoms with Crippen LogP contribution in [0.5, 0.6) is 11.5 Å². The van der Waals surface area contributed by atoms with Gasteiger partial charge < -0.3 is 20.4 Å². The summed E-state index contributed by atoms with van der Waals surface area (Å²) in [6, 6.07) is 6.93. The Bertz CT molecular complexity index is 1050. The number of aromatic carboxylic acids is 2. The molecule has 0 aromatic heterocycles. The second kappa shape index (κ2) is 11.5. The number of carboxylic acid groups (broad SMARTS) is 2. The van der Waals surface area contributed by atoms with Crippen molar-refractivity contribution in [2.24, 2.45) is 0 Å². The smallest absolute Gasteiger partial charge is 0.507 e. The summed E-state index contributed by atoms with van der Waals surface area (Å²) >= 11 is 0. The van der Waals surface area contributed by atoms with E-state index in [1.54, 1.807) is 12.1 Å². The molecule has 2 rings (SSSR count). The number of hydrogen-bond acceptors (Lipinski definition) is 4. The van der Waals surface area contributed by atoms with Crippen molar-refractivity contribution >= 4 is 11.9 Å². The molecule has 4 N–H and O–H groups in total. The Morgan fingerprint density at radius 3 is 0.946 bits per heavy atom. The molecule has 0 aliphatic rings. The number of carboxylic acids is 2. The largest absolute Gasteiger partial charge is 1.00 e. The average Bonchev–Trinajstić information content (AvgIpc) is 2.64. The number of carbonyl (C=O) groups is 2. The van der Waals surface area contributed by atoms with Gasteiger partial charge in [-0.25, -0.2) is 9.59 Å². The molecule has 0 radical (unpaired) electrons.